The number of unbranched alkanes of at least 4 members (excludes halogenated alkanes) is 11. The zero-order valence-electron chi connectivity index (χ0n) is 34.3. The SMILES string of the molecule is CCCCCCCCc1cc(CC[Si](C)(C)C)cc(C2=CC(CCCC)=C(c3cc(CCCCCCCC)cc(CC[Si](C)(C)C)c3)[N+]2=[N-])c1. The van der Waals surface area contributed by atoms with Crippen LogP contribution in [0.25, 0.3) is 16.9 Å². The van der Waals surface area contributed by atoms with Gasteiger partial charge < -0.3 is 5.53 Å². The topological polar surface area (TPSA) is 25.3 Å². The van der Waals surface area contributed by atoms with Crippen molar-refractivity contribution in [3.63, 3.8) is 0 Å². The van der Waals surface area contributed by atoms with Crippen molar-refractivity contribution in [2.75, 3.05) is 0 Å². The van der Waals surface area contributed by atoms with Gasteiger partial charge in [-0.3, -0.25) is 0 Å². The summed E-state index contributed by atoms with van der Waals surface area (Å²) >= 11 is 0. The van der Waals surface area contributed by atoms with Crippen LogP contribution in [0, 0.1) is 0 Å². The van der Waals surface area contributed by atoms with Gasteiger partial charge in [-0.15, -0.1) is 0 Å². The monoisotopic (exact) mass is 713 g/mol. The van der Waals surface area contributed by atoms with Crippen LogP contribution in [0.5, 0.6) is 0 Å². The number of allylic oxidation sites excluding steroid dienone is 2. The molecule has 2 aromatic rings. The molecule has 0 atom stereocenters. The fourth-order valence-corrected chi connectivity index (χ4v) is 9.34. The second-order valence-corrected chi connectivity index (χ2v) is 29.3. The van der Waals surface area contributed by atoms with E-state index in [1.807, 2.05) is 0 Å². The van der Waals surface area contributed by atoms with Gasteiger partial charge in [0.05, 0.1) is 0 Å². The molecule has 2 aromatic carbocycles. The second-order valence-electron chi connectivity index (χ2n) is 18.1. The number of nitrogens with zero attached hydrogens (tertiary/aromatic N) is 2. The van der Waals surface area contributed by atoms with E-state index in [2.05, 4.69) is 103 Å². The van der Waals surface area contributed by atoms with E-state index in [1.54, 1.807) is 4.70 Å². The van der Waals surface area contributed by atoms with Gasteiger partial charge in [0.1, 0.15) is 0 Å². The molecule has 0 unspecified atom stereocenters. The minimum absolute atomic E-state index is 0.968. The van der Waals surface area contributed by atoms with Crippen molar-refractivity contribution < 1.29 is 4.70 Å². The van der Waals surface area contributed by atoms with Crippen LogP contribution in [0.4, 0.5) is 0 Å². The summed E-state index contributed by atoms with van der Waals surface area (Å²) in [5.41, 5.74) is 23.7. The lowest BCUT2D eigenvalue weighted by atomic mass is 9.96. The van der Waals surface area contributed by atoms with Gasteiger partial charge in [0.2, 0.25) is 11.4 Å². The van der Waals surface area contributed by atoms with E-state index in [0.29, 0.717) is 0 Å². The van der Waals surface area contributed by atoms with Crippen molar-refractivity contribution in [1.82, 2.24) is 0 Å². The van der Waals surface area contributed by atoms with Crippen LogP contribution in [0.3, 0.4) is 0 Å². The smallest absolute Gasteiger partial charge is 0.210 e. The maximum atomic E-state index is 12.2. The minimum Gasteiger partial charge on any atom is -0.493 e. The molecule has 0 aliphatic carbocycles. The third kappa shape index (κ3) is 15.3. The zero-order chi connectivity index (χ0) is 36.6. The Morgan fingerprint density at radius 1 is 0.460 bits per heavy atom. The molecule has 1 heterocycles. The number of aryl methyl sites for hydroxylation is 4. The molecule has 0 radical (unpaired) electrons. The average Bonchev–Trinajstić information content (AvgIpc) is 3.40. The number of rotatable bonds is 25. The Morgan fingerprint density at radius 3 is 1.30 bits per heavy atom. The summed E-state index contributed by atoms with van der Waals surface area (Å²) in [6.07, 6.45) is 26.0. The molecule has 2 nitrogen and oxygen atoms in total. The molecule has 50 heavy (non-hydrogen) atoms. The Morgan fingerprint density at radius 2 is 0.860 bits per heavy atom. The van der Waals surface area contributed by atoms with Crippen LogP contribution in [0.2, 0.25) is 51.4 Å². The Kier molecular flexibility index (Phi) is 18.2. The van der Waals surface area contributed by atoms with E-state index >= 15 is 0 Å². The van der Waals surface area contributed by atoms with E-state index < -0.39 is 16.1 Å². The first-order valence-corrected chi connectivity index (χ1v) is 28.4. The maximum Gasteiger partial charge on any atom is 0.210 e. The van der Waals surface area contributed by atoms with Crippen LogP contribution < -0.4 is 0 Å². The number of benzene rings is 2. The molecule has 0 bridgehead atoms. The van der Waals surface area contributed by atoms with Gasteiger partial charge in [0.25, 0.3) is 0 Å². The van der Waals surface area contributed by atoms with Crippen molar-refractivity contribution in [3.8, 4) is 0 Å². The third-order valence-corrected chi connectivity index (χ3v) is 14.0. The Labute approximate surface area is 312 Å². The molecule has 0 spiro atoms. The lowest BCUT2D eigenvalue weighted by Gasteiger charge is -2.18. The first-order valence-electron chi connectivity index (χ1n) is 21.0. The molecule has 0 amide bonds. The summed E-state index contributed by atoms with van der Waals surface area (Å²) in [7, 11) is -2.35. The van der Waals surface area contributed by atoms with Gasteiger partial charge >= 0.3 is 0 Å². The number of hydrogen-bond donors (Lipinski definition) is 0. The Balaban J connectivity index is 1.97. The molecule has 278 valence electrons. The molecule has 0 fully saturated rings. The average molecular weight is 713 g/mol. The Hall–Kier alpha value is -2.05. The summed E-state index contributed by atoms with van der Waals surface area (Å²) < 4.78 is 1.59. The molecule has 0 aromatic heterocycles. The molecular weight excluding hydrogens is 637 g/mol. The minimum atomic E-state index is -1.18. The Bertz CT molecular complexity index is 1400. The van der Waals surface area contributed by atoms with E-state index in [0.717, 1.165) is 56.3 Å². The van der Waals surface area contributed by atoms with Gasteiger partial charge in [-0.1, -0.05) is 155 Å². The van der Waals surface area contributed by atoms with E-state index in [1.165, 1.54) is 128 Å². The predicted molar refractivity (Wildman–Crippen MR) is 229 cm³/mol. The van der Waals surface area contributed by atoms with E-state index in [9.17, 15) is 5.53 Å². The van der Waals surface area contributed by atoms with Gasteiger partial charge in [0, 0.05) is 38.9 Å². The molecular formula is C46H76N2Si2. The summed E-state index contributed by atoms with van der Waals surface area (Å²) in [6.45, 7) is 21.8. The van der Waals surface area contributed by atoms with Crippen molar-refractivity contribution in [3.05, 3.63) is 87.0 Å². The van der Waals surface area contributed by atoms with Crippen molar-refractivity contribution in [1.29, 1.82) is 0 Å². The van der Waals surface area contributed by atoms with E-state index in [-0.39, 0.29) is 0 Å². The highest BCUT2D eigenvalue weighted by molar-refractivity contribution is 6.76. The number of hydrogen-bond acceptors (Lipinski definition) is 0. The lowest BCUT2D eigenvalue weighted by Crippen LogP contribution is -2.20. The standard InChI is InChI=1S/C46H76N2Si2/c1-10-13-16-18-20-22-24-38-31-40(27-29-49(4,5)6)34-43(33-38)45-37-42(26-15-12-3)46(48(45)47)44-35-39(25-23-21-19-17-14-11-2)32-41(36-44)28-30-50(7,8)9/h31-37H,10-30H2,1-9H3. The second kappa shape index (κ2) is 21.5. The van der Waals surface area contributed by atoms with Crippen LogP contribution in [0.15, 0.2) is 48.0 Å². The van der Waals surface area contributed by atoms with Crippen LogP contribution >= 0.6 is 0 Å². The molecule has 0 saturated heterocycles. The van der Waals surface area contributed by atoms with Crippen molar-refractivity contribution in [2.24, 2.45) is 0 Å². The van der Waals surface area contributed by atoms with Crippen molar-refractivity contribution in [2.45, 2.75) is 194 Å². The van der Waals surface area contributed by atoms with Gasteiger partial charge in [-0.05, 0) is 97.9 Å². The van der Waals surface area contributed by atoms with Gasteiger partial charge in [0.15, 0.2) is 0 Å². The first-order chi connectivity index (χ1) is 23.8. The highest BCUT2D eigenvalue weighted by atomic mass is 28.3. The maximum absolute atomic E-state index is 12.2. The third-order valence-electron chi connectivity index (χ3n) is 10.5. The molecule has 0 N–H and O–H groups in total. The highest BCUT2D eigenvalue weighted by Crippen LogP contribution is 2.39. The zero-order valence-corrected chi connectivity index (χ0v) is 36.3. The summed E-state index contributed by atoms with van der Waals surface area (Å²) in [6, 6.07) is 17.2. The molecule has 3 rings (SSSR count). The van der Waals surface area contributed by atoms with Gasteiger partial charge in [-0.2, -0.15) is 0 Å². The molecule has 1 aliphatic heterocycles. The fourth-order valence-electron chi connectivity index (χ4n) is 7.27. The van der Waals surface area contributed by atoms with Crippen LogP contribution in [-0.2, 0) is 25.7 Å². The summed E-state index contributed by atoms with van der Waals surface area (Å²) in [5, 5.41) is 0. The van der Waals surface area contributed by atoms with Crippen molar-refractivity contribution >= 4 is 27.5 Å². The lowest BCUT2D eigenvalue weighted by molar-refractivity contribution is -0.344. The summed E-state index contributed by atoms with van der Waals surface area (Å²) in [4.78, 5) is 0. The molecule has 0 saturated carbocycles. The summed E-state index contributed by atoms with van der Waals surface area (Å²) in [5.74, 6) is 0. The fraction of sp³-hybridized carbons (Fsp3) is 0.652. The highest BCUT2D eigenvalue weighted by Gasteiger charge is 2.30. The largest absolute Gasteiger partial charge is 0.493 e. The van der Waals surface area contributed by atoms with Crippen LogP contribution in [-0.4, -0.2) is 20.8 Å². The van der Waals surface area contributed by atoms with Crippen LogP contribution in [0.1, 0.15) is 150 Å². The normalized spacial score (nSPS) is 13.9. The van der Waals surface area contributed by atoms with E-state index in [4.69, 9.17) is 0 Å². The molecule has 1 aliphatic rings. The van der Waals surface area contributed by atoms with Gasteiger partial charge in [-0.25, -0.2) is 4.70 Å². The quantitative estimate of drug-likeness (QED) is 0.0556. The predicted octanol–water partition coefficient (Wildman–Crippen LogP) is 15.2. The molecule has 4 heteroatoms. The first kappa shape index (κ1) is 42.4.